The van der Waals surface area contributed by atoms with Crippen molar-refractivity contribution in [2.24, 2.45) is 5.73 Å². The number of nitrogens with zero attached hydrogens (tertiary/aromatic N) is 2. The molecule has 7 heteroatoms. The van der Waals surface area contributed by atoms with Gasteiger partial charge in [-0.1, -0.05) is 13.3 Å². The molecule has 0 saturated heterocycles. The Morgan fingerprint density at radius 3 is 2.65 bits per heavy atom. The van der Waals surface area contributed by atoms with E-state index in [1.807, 2.05) is 6.92 Å². The predicted octanol–water partition coefficient (Wildman–Crippen LogP) is 1.27. The van der Waals surface area contributed by atoms with Gasteiger partial charge in [0.05, 0.1) is 6.04 Å². The Morgan fingerprint density at radius 1 is 1.45 bits per heavy atom. The van der Waals surface area contributed by atoms with Crippen molar-refractivity contribution >= 4 is 30.0 Å². The lowest BCUT2D eigenvalue weighted by Crippen LogP contribution is -2.35. The largest absolute Gasteiger partial charge is 0.345 e. The van der Waals surface area contributed by atoms with Crippen LogP contribution in [0.15, 0.2) is 18.3 Å². The minimum absolute atomic E-state index is 0. The summed E-state index contributed by atoms with van der Waals surface area (Å²) < 4.78 is 0. The summed E-state index contributed by atoms with van der Waals surface area (Å²) in [6.07, 6.45) is 2.93. The Kier molecular flexibility index (Phi) is 7.79. The van der Waals surface area contributed by atoms with E-state index in [1.165, 1.54) is 11.1 Å². The van der Waals surface area contributed by atoms with Crippen LogP contribution in [0.1, 0.15) is 30.1 Å². The van der Waals surface area contributed by atoms with E-state index in [1.54, 1.807) is 26.2 Å². The molecule has 112 valence electrons. The summed E-state index contributed by atoms with van der Waals surface area (Å²) in [5.74, 6) is -0.0937. The molecule has 0 aromatic carbocycles. The Hall–Kier alpha value is -1.66. The van der Waals surface area contributed by atoms with Crippen LogP contribution in [-0.2, 0) is 4.79 Å². The van der Waals surface area contributed by atoms with Gasteiger partial charge in [0.15, 0.2) is 0 Å². The van der Waals surface area contributed by atoms with Crippen molar-refractivity contribution in [2.45, 2.75) is 25.8 Å². The highest BCUT2D eigenvalue weighted by Crippen LogP contribution is 2.09. The number of nitrogens with one attached hydrogen (secondary N) is 1. The molecule has 20 heavy (non-hydrogen) atoms. The summed E-state index contributed by atoms with van der Waals surface area (Å²) in [6.45, 7) is 1.96. The van der Waals surface area contributed by atoms with Crippen molar-refractivity contribution in [2.75, 3.05) is 19.4 Å². The lowest BCUT2D eigenvalue weighted by atomic mass is 10.1. The van der Waals surface area contributed by atoms with Crippen molar-refractivity contribution in [3.63, 3.8) is 0 Å². The van der Waals surface area contributed by atoms with Crippen molar-refractivity contribution in [3.8, 4) is 0 Å². The van der Waals surface area contributed by atoms with Gasteiger partial charge in [0, 0.05) is 25.9 Å². The van der Waals surface area contributed by atoms with Crippen LogP contribution in [0.3, 0.4) is 0 Å². The van der Waals surface area contributed by atoms with Gasteiger partial charge in [0.25, 0.3) is 5.91 Å². The highest BCUT2D eigenvalue weighted by molar-refractivity contribution is 5.97. The van der Waals surface area contributed by atoms with Gasteiger partial charge < -0.3 is 16.0 Å². The number of carbonyl (C=O) groups is 2. The van der Waals surface area contributed by atoms with E-state index in [0.29, 0.717) is 17.8 Å². The topological polar surface area (TPSA) is 88.3 Å². The molecule has 0 aliphatic rings. The van der Waals surface area contributed by atoms with Gasteiger partial charge in [0.2, 0.25) is 5.91 Å². The zero-order valence-corrected chi connectivity index (χ0v) is 12.7. The third-order valence-electron chi connectivity index (χ3n) is 2.60. The van der Waals surface area contributed by atoms with E-state index in [4.69, 9.17) is 5.73 Å². The van der Waals surface area contributed by atoms with Gasteiger partial charge in [-0.05, 0) is 18.6 Å². The van der Waals surface area contributed by atoms with Gasteiger partial charge in [-0.3, -0.25) is 9.59 Å². The number of nitrogens with two attached hydrogens (primary N) is 1. The first-order chi connectivity index (χ1) is 8.95. The molecule has 1 rings (SSSR count). The van der Waals surface area contributed by atoms with Crippen LogP contribution < -0.4 is 11.1 Å². The molecule has 1 aromatic heterocycles. The molecule has 0 fully saturated rings. The number of aromatic nitrogens is 1. The Bertz CT molecular complexity index is 465. The van der Waals surface area contributed by atoms with Crippen LogP contribution in [-0.4, -0.2) is 41.8 Å². The highest BCUT2D eigenvalue weighted by atomic mass is 35.5. The van der Waals surface area contributed by atoms with Crippen LogP contribution in [0.5, 0.6) is 0 Å². The average molecular weight is 301 g/mol. The summed E-state index contributed by atoms with van der Waals surface area (Å²) in [5.41, 5.74) is 6.18. The fraction of sp³-hybridized carbons (Fsp3) is 0.462. The van der Waals surface area contributed by atoms with E-state index >= 15 is 0 Å². The van der Waals surface area contributed by atoms with Gasteiger partial charge in [-0.25, -0.2) is 4.98 Å². The monoisotopic (exact) mass is 300 g/mol. The maximum absolute atomic E-state index is 11.8. The minimum Gasteiger partial charge on any atom is -0.345 e. The fourth-order valence-corrected chi connectivity index (χ4v) is 1.55. The van der Waals surface area contributed by atoms with E-state index in [-0.39, 0.29) is 24.2 Å². The number of carbonyl (C=O) groups excluding carboxylic acids is 2. The SMILES string of the molecule is CCCC(N)C(=O)Nc1cc(C(=O)N(C)C)ccn1.Cl. The number of amides is 2. The van der Waals surface area contributed by atoms with Gasteiger partial charge >= 0.3 is 0 Å². The van der Waals surface area contributed by atoms with Crippen molar-refractivity contribution in [1.29, 1.82) is 0 Å². The molecule has 0 aliphatic heterocycles. The summed E-state index contributed by atoms with van der Waals surface area (Å²) in [7, 11) is 3.33. The minimum atomic E-state index is -0.556. The quantitative estimate of drug-likeness (QED) is 0.857. The normalized spacial score (nSPS) is 11.2. The first-order valence-corrected chi connectivity index (χ1v) is 6.19. The van der Waals surface area contributed by atoms with Gasteiger partial charge in [0.1, 0.15) is 5.82 Å². The van der Waals surface area contributed by atoms with E-state index in [0.717, 1.165) is 6.42 Å². The van der Waals surface area contributed by atoms with Crippen LogP contribution in [0, 0.1) is 0 Å². The third kappa shape index (κ3) is 5.14. The molecule has 0 aliphatic carbocycles. The summed E-state index contributed by atoms with van der Waals surface area (Å²) in [4.78, 5) is 29.0. The number of rotatable bonds is 5. The van der Waals surface area contributed by atoms with Crippen molar-refractivity contribution < 1.29 is 9.59 Å². The third-order valence-corrected chi connectivity index (χ3v) is 2.60. The Labute approximate surface area is 125 Å². The van der Waals surface area contributed by atoms with Crippen LogP contribution in [0.2, 0.25) is 0 Å². The maximum Gasteiger partial charge on any atom is 0.253 e. The van der Waals surface area contributed by atoms with Gasteiger partial charge in [-0.2, -0.15) is 0 Å². The molecular formula is C13H21ClN4O2. The number of hydrogen-bond acceptors (Lipinski definition) is 4. The van der Waals surface area contributed by atoms with Crippen molar-refractivity contribution in [3.05, 3.63) is 23.9 Å². The lowest BCUT2D eigenvalue weighted by Gasteiger charge is -2.13. The Balaban J connectivity index is 0.00000361. The Morgan fingerprint density at radius 2 is 2.10 bits per heavy atom. The maximum atomic E-state index is 11.8. The molecule has 2 amide bonds. The molecule has 1 heterocycles. The second-order valence-corrected chi connectivity index (χ2v) is 4.51. The molecule has 0 bridgehead atoms. The molecule has 0 radical (unpaired) electrons. The standard InChI is InChI=1S/C13H20N4O2.ClH/c1-4-5-10(14)12(18)16-11-8-9(6-7-15-11)13(19)17(2)3;/h6-8,10H,4-5,14H2,1-3H3,(H,15,16,18);1H. The molecule has 1 aromatic rings. The zero-order chi connectivity index (χ0) is 14.4. The van der Waals surface area contributed by atoms with Crippen LogP contribution >= 0.6 is 12.4 Å². The average Bonchev–Trinajstić information content (AvgIpc) is 2.38. The van der Waals surface area contributed by atoms with Crippen molar-refractivity contribution in [1.82, 2.24) is 9.88 Å². The first kappa shape index (κ1) is 18.3. The van der Waals surface area contributed by atoms with E-state index in [2.05, 4.69) is 10.3 Å². The smallest absolute Gasteiger partial charge is 0.253 e. The van der Waals surface area contributed by atoms with E-state index < -0.39 is 6.04 Å². The second-order valence-electron chi connectivity index (χ2n) is 4.51. The number of halogens is 1. The number of anilines is 1. The van der Waals surface area contributed by atoms with E-state index in [9.17, 15) is 9.59 Å². The van der Waals surface area contributed by atoms with Crippen LogP contribution in [0.25, 0.3) is 0 Å². The van der Waals surface area contributed by atoms with Gasteiger partial charge in [-0.15, -0.1) is 12.4 Å². The molecule has 3 N–H and O–H groups in total. The summed E-state index contributed by atoms with van der Waals surface area (Å²) >= 11 is 0. The lowest BCUT2D eigenvalue weighted by molar-refractivity contribution is -0.117. The fourth-order valence-electron chi connectivity index (χ4n) is 1.55. The predicted molar refractivity (Wildman–Crippen MR) is 81.0 cm³/mol. The molecule has 0 spiro atoms. The number of pyridine rings is 1. The summed E-state index contributed by atoms with van der Waals surface area (Å²) in [5, 5.41) is 2.61. The second kappa shape index (κ2) is 8.50. The van der Waals surface area contributed by atoms with Crippen LogP contribution in [0.4, 0.5) is 5.82 Å². The first-order valence-electron chi connectivity index (χ1n) is 6.19. The number of hydrogen-bond donors (Lipinski definition) is 2. The molecule has 0 saturated carbocycles. The molecular weight excluding hydrogens is 280 g/mol. The molecule has 1 atom stereocenters. The molecule has 1 unspecified atom stereocenters. The summed E-state index contributed by atoms with van der Waals surface area (Å²) in [6, 6.07) is 2.59. The molecule has 6 nitrogen and oxygen atoms in total. The highest BCUT2D eigenvalue weighted by Gasteiger charge is 2.14. The zero-order valence-electron chi connectivity index (χ0n) is 11.9.